The normalized spacial score (nSPS) is 11.0. The van der Waals surface area contributed by atoms with Crippen LogP contribution in [-0.4, -0.2) is 20.6 Å². The van der Waals surface area contributed by atoms with E-state index in [0.717, 1.165) is 38.8 Å². The van der Waals surface area contributed by atoms with Gasteiger partial charge in [-0.2, -0.15) is 0 Å². The molecule has 0 saturated carbocycles. The molecule has 0 aliphatic carbocycles. The van der Waals surface area contributed by atoms with Crippen molar-refractivity contribution in [3.05, 3.63) is 78.6 Å². The molecule has 26 heavy (non-hydrogen) atoms. The third-order valence-corrected chi connectivity index (χ3v) is 5.10. The van der Waals surface area contributed by atoms with Crippen LogP contribution in [0.15, 0.2) is 72.5 Å². The van der Waals surface area contributed by atoms with Gasteiger partial charge in [0.1, 0.15) is 5.03 Å². The van der Waals surface area contributed by atoms with E-state index in [2.05, 4.69) is 77.6 Å². The number of benzene rings is 2. The maximum absolute atomic E-state index is 4.82. The topological polar surface area (TPSA) is 30.2 Å². The number of aromatic nitrogens is 3. The Morgan fingerprint density at radius 1 is 1.00 bits per heavy atom. The number of nitrogens with zero attached hydrogens (tertiary/aromatic N) is 3. The molecule has 0 spiro atoms. The van der Waals surface area contributed by atoms with Crippen LogP contribution in [0.1, 0.15) is 11.1 Å². The Morgan fingerprint density at radius 3 is 2.35 bits per heavy atom. The second-order valence-electron chi connectivity index (χ2n) is 6.16. The zero-order valence-electron chi connectivity index (χ0n) is 14.8. The van der Waals surface area contributed by atoms with Gasteiger partial charge in [0, 0.05) is 17.3 Å². The fraction of sp³-hybridized carbons (Fsp3) is 0.0909. The first-order valence-corrected chi connectivity index (χ1v) is 9.64. The minimum absolute atomic E-state index is 0.888. The molecular weight excluding hydrogens is 338 g/mol. The van der Waals surface area contributed by atoms with Crippen LogP contribution in [0.25, 0.3) is 34.2 Å². The van der Waals surface area contributed by atoms with Crippen molar-refractivity contribution in [2.75, 3.05) is 6.26 Å². The van der Waals surface area contributed by atoms with E-state index in [9.17, 15) is 0 Å². The van der Waals surface area contributed by atoms with E-state index < -0.39 is 0 Å². The monoisotopic (exact) mass is 357 g/mol. The predicted octanol–water partition coefficient (Wildman–Crippen LogP) is 5.74. The quantitative estimate of drug-likeness (QED) is 0.437. The van der Waals surface area contributed by atoms with Crippen molar-refractivity contribution in [1.82, 2.24) is 14.4 Å². The van der Waals surface area contributed by atoms with Gasteiger partial charge in [-0.25, -0.2) is 9.97 Å². The number of hydrogen-bond acceptors (Lipinski definition) is 3. The zero-order chi connectivity index (χ0) is 18.1. The molecule has 0 aliphatic rings. The number of aryl methyl sites for hydroxylation is 1. The summed E-state index contributed by atoms with van der Waals surface area (Å²) in [7, 11) is 0. The number of hydrogen-bond donors (Lipinski definition) is 0. The molecule has 0 fully saturated rings. The van der Waals surface area contributed by atoms with E-state index in [4.69, 9.17) is 4.98 Å². The van der Waals surface area contributed by atoms with Crippen LogP contribution in [0, 0.1) is 6.92 Å². The molecule has 128 valence electrons. The third kappa shape index (κ3) is 2.93. The minimum atomic E-state index is 0.888. The molecule has 2 aromatic carbocycles. The molecule has 4 aromatic rings. The Morgan fingerprint density at radius 2 is 1.69 bits per heavy atom. The summed E-state index contributed by atoms with van der Waals surface area (Å²) in [5.74, 6) is 0. The van der Waals surface area contributed by atoms with Gasteiger partial charge in [-0.3, -0.25) is 4.40 Å². The highest BCUT2D eigenvalue weighted by Gasteiger charge is 2.13. The molecule has 0 bridgehead atoms. The van der Waals surface area contributed by atoms with Crippen LogP contribution in [0.2, 0.25) is 0 Å². The Labute approximate surface area is 157 Å². The summed E-state index contributed by atoms with van der Waals surface area (Å²) < 4.78 is 2.14. The van der Waals surface area contributed by atoms with Gasteiger partial charge in [-0.15, -0.1) is 11.8 Å². The second kappa shape index (κ2) is 6.81. The van der Waals surface area contributed by atoms with Crippen molar-refractivity contribution < 1.29 is 0 Å². The molecule has 0 unspecified atom stereocenters. The fourth-order valence-corrected chi connectivity index (χ4v) is 3.49. The van der Waals surface area contributed by atoms with E-state index in [-0.39, 0.29) is 0 Å². The van der Waals surface area contributed by atoms with Gasteiger partial charge >= 0.3 is 0 Å². The van der Waals surface area contributed by atoms with Gasteiger partial charge in [0.2, 0.25) is 0 Å². The number of rotatable bonds is 4. The van der Waals surface area contributed by atoms with E-state index in [1.165, 1.54) is 5.56 Å². The number of fused-ring (bicyclic) bond motifs is 1. The van der Waals surface area contributed by atoms with Crippen LogP contribution in [0.3, 0.4) is 0 Å². The highest BCUT2D eigenvalue weighted by Crippen LogP contribution is 2.29. The molecule has 2 aromatic heterocycles. The predicted molar refractivity (Wildman–Crippen MR) is 110 cm³/mol. The highest BCUT2D eigenvalue weighted by molar-refractivity contribution is 7.98. The molecule has 0 saturated heterocycles. The third-order valence-electron chi connectivity index (χ3n) is 4.44. The van der Waals surface area contributed by atoms with Gasteiger partial charge in [0.05, 0.1) is 17.6 Å². The Balaban J connectivity index is 1.90. The van der Waals surface area contributed by atoms with Crippen molar-refractivity contribution in [1.29, 1.82) is 0 Å². The summed E-state index contributed by atoms with van der Waals surface area (Å²) >= 11 is 1.62. The van der Waals surface area contributed by atoms with Crippen LogP contribution in [-0.2, 0) is 0 Å². The SMILES string of the molecule is C=Cc1ccc(-c2cn3c(-c4ccc(C)cc4)cnc3c(SC)n2)cc1. The zero-order valence-corrected chi connectivity index (χ0v) is 15.6. The summed E-state index contributed by atoms with van der Waals surface area (Å²) in [5, 5.41) is 0.925. The Kier molecular flexibility index (Phi) is 4.35. The first kappa shape index (κ1) is 16.6. The second-order valence-corrected chi connectivity index (χ2v) is 6.96. The van der Waals surface area contributed by atoms with Crippen LogP contribution in [0.4, 0.5) is 0 Å². The molecule has 4 heteroatoms. The molecule has 0 radical (unpaired) electrons. The summed E-state index contributed by atoms with van der Waals surface area (Å²) in [6.07, 6.45) is 7.87. The minimum Gasteiger partial charge on any atom is -0.295 e. The summed E-state index contributed by atoms with van der Waals surface area (Å²) in [6.45, 7) is 5.91. The van der Waals surface area contributed by atoms with Gasteiger partial charge in [-0.1, -0.05) is 66.7 Å². The molecule has 3 nitrogen and oxygen atoms in total. The Bertz CT molecular complexity index is 1080. The molecule has 2 heterocycles. The van der Waals surface area contributed by atoms with Gasteiger partial charge < -0.3 is 0 Å². The Hall–Kier alpha value is -2.85. The molecule has 4 rings (SSSR count). The summed E-state index contributed by atoms with van der Waals surface area (Å²) in [5.41, 5.74) is 7.47. The molecular formula is C22H19N3S. The van der Waals surface area contributed by atoms with Gasteiger partial charge in [0.25, 0.3) is 0 Å². The lowest BCUT2D eigenvalue weighted by molar-refractivity contribution is 1.04. The van der Waals surface area contributed by atoms with Gasteiger partial charge in [0.15, 0.2) is 5.65 Å². The smallest absolute Gasteiger partial charge is 0.170 e. The van der Waals surface area contributed by atoms with Crippen molar-refractivity contribution in [3.63, 3.8) is 0 Å². The molecule has 0 aliphatic heterocycles. The highest BCUT2D eigenvalue weighted by atomic mass is 32.2. The lowest BCUT2D eigenvalue weighted by Crippen LogP contribution is -1.96. The summed E-state index contributed by atoms with van der Waals surface area (Å²) in [4.78, 5) is 9.44. The van der Waals surface area contributed by atoms with Gasteiger partial charge in [-0.05, 0) is 18.7 Å². The van der Waals surface area contributed by atoms with Crippen molar-refractivity contribution >= 4 is 23.5 Å². The van der Waals surface area contributed by atoms with E-state index >= 15 is 0 Å². The molecule has 0 amide bonds. The van der Waals surface area contributed by atoms with E-state index in [0.29, 0.717) is 0 Å². The average molecular weight is 357 g/mol. The van der Waals surface area contributed by atoms with Crippen LogP contribution in [0.5, 0.6) is 0 Å². The summed E-state index contributed by atoms with van der Waals surface area (Å²) in [6, 6.07) is 16.8. The number of imidazole rings is 1. The molecule has 0 atom stereocenters. The average Bonchev–Trinajstić information content (AvgIpc) is 3.12. The molecule has 0 N–H and O–H groups in total. The maximum atomic E-state index is 4.82. The van der Waals surface area contributed by atoms with Crippen molar-refractivity contribution in [3.8, 4) is 22.5 Å². The fourth-order valence-electron chi connectivity index (χ4n) is 2.96. The standard InChI is InChI=1S/C22H19N3S/c1-4-16-7-11-17(12-8-16)19-14-25-20(18-9-5-15(2)6-10-18)13-23-21(25)22(24-19)26-3/h4-14H,1H2,2-3H3. The van der Waals surface area contributed by atoms with E-state index in [1.807, 2.05) is 18.5 Å². The number of thioether (sulfide) groups is 1. The maximum Gasteiger partial charge on any atom is 0.170 e. The largest absolute Gasteiger partial charge is 0.295 e. The van der Waals surface area contributed by atoms with Crippen molar-refractivity contribution in [2.45, 2.75) is 11.9 Å². The van der Waals surface area contributed by atoms with Crippen LogP contribution < -0.4 is 0 Å². The first-order chi connectivity index (χ1) is 12.7. The first-order valence-electron chi connectivity index (χ1n) is 8.41. The lowest BCUT2D eigenvalue weighted by Gasteiger charge is -2.09. The van der Waals surface area contributed by atoms with E-state index in [1.54, 1.807) is 11.8 Å². The lowest BCUT2D eigenvalue weighted by atomic mass is 10.1. The van der Waals surface area contributed by atoms with Crippen molar-refractivity contribution in [2.24, 2.45) is 0 Å². The van der Waals surface area contributed by atoms with Crippen LogP contribution >= 0.6 is 11.8 Å².